The Kier molecular flexibility index (Phi) is 4.31. The lowest BCUT2D eigenvalue weighted by molar-refractivity contribution is -0.116. The molecule has 0 heterocycles. The molecule has 0 bridgehead atoms. The number of aliphatic hydroxyl groups is 1. The third-order valence-corrected chi connectivity index (χ3v) is 2.50. The number of rotatable bonds is 5. The highest BCUT2D eigenvalue weighted by molar-refractivity contribution is 5.79. The topological polar surface area (TPSA) is 66.6 Å². The second-order valence-corrected chi connectivity index (χ2v) is 3.84. The predicted octanol–water partition coefficient (Wildman–Crippen LogP) is 1.05. The molecule has 16 heavy (non-hydrogen) atoms. The Balaban J connectivity index is 2.74. The van der Waals surface area contributed by atoms with Crippen LogP contribution in [0.5, 0.6) is 0 Å². The highest BCUT2D eigenvalue weighted by Gasteiger charge is 2.07. The normalized spacial score (nSPS) is 12.2. The molecule has 0 saturated heterocycles. The lowest BCUT2D eigenvalue weighted by atomic mass is 10.1. The van der Waals surface area contributed by atoms with Crippen LogP contribution in [0, 0.1) is 0 Å². The fourth-order valence-electron chi connectivity index (χ4n) is 1.51. The third-order valence-electron chi connectivity index (χ3n) is 2.50. The van der Waals surface area contributed by atoms with E-state index in [0.29, 0.717) is 6.42 Å². The molecule has 0 saturated carbocycles. The summed E-state index contributed by atoms with van der Waals surface area (Å²) in [6, 6.07) is 7.47. The highest BCUT2D eigenvalue weighted by atomic mass is 16.3. The molecular weight excluding hydrogens is 204 g/mol. The van der Waals surface area contributed by atoms with Crippen LogP contribution in [-0.4, -0.2) is 24.6 Å². The molecule has 3 N–H and O–H groups in total. The molecule has 0 aliphatic carbocycles. The summed E-state index contributed by atoms with van der Waals surface area (Å²) in [5, 5.41) is 9.62. The fourth-order valence-corrected chi connectivity index (χ4v) is 1.51. The van der Waals surface area contributed by atoms with E-state index in [1.807, 2.05) is 31.2 Å². The fraction of sp³-hybridized carbons (Fsp3) is 0.417. The van der Waals surface area contributed by atoms with Gasteiger partial charge in [-0.15, -0.1) is 0 Å². The summed E-state index contributed by atoms with van der Waals surface area (Å²) in [5.74, 6) is -0.361. The maximum atomic E-state index is 10.7. The summed E-state index contributed by atoms with van der Waals surface area (Å²) < 4.78 is 0. The van der Waals surface area contributed by atoms with Gasteiger partial charge in [-0.1, -0.05) is 19.1 Å². The number of primary amides is 1. The van der Waals surface area contributed by atoms with E-state index in [0.717, 1.165) is 11.3 Å². The van der Waals surface area contributed by atoms with Gasteiger partial charge < -0.3 is 15.7 Å². The van der Waals surface area contributed by atoms with Gasteiger partial charge in [0.2, 0.25) is 5.91 Å². The number of nitrogens with zero attached hydrogens (tertiary/aromatic N) is 1. The van der Waals surface area contributed by atoms with E-state index in [4.69, 9.17) is 5.73 Å². The number of nitrogens with two attached hydrogens (primary N) is 1. The van der Waals surface area contributed by atoms with Gasteiger partial charge in [-0.3, -0.25) is 4.79 Å². The van der Waals surface area contributed by atoms with E-state index >= 15 is 0 Å². The van der Waals surface area contributed by atoms with Crippen molar-refractivity contribution in [2.45, 2.75) is 19.4 Å². The quantitative estimate of drug-likeness (QED) is 0.782. The van der Waals surface area contributed by atoms with Gasteiger partial charge in [-0.25, -0.2) is 0 Å². The lowest BCUT2D eigenvalue weighted by Crippen LogP contribution is -2.30. The van der Waals surface area contributed by atoms with Gasteiger partial charge in [0, 0.05) is 12.7 Å². The Morgan fingerprint density at radius 1 is 1.44 bits per heavy atom. The molecule has 1 aromatic rings. The first-order valence-corrected chi connectivity index (χ1v) is 5.32. The molecule has 0 radical (unpaired) electrons. The molecule has 0 spiro atoms. The van der Waals surface area contributed by atoms with Crippen LogP contribution >= 0.6 is 0 Å². The van der Waals surface area contributed by atoms with Crippen LogP contribution in [0.3, 0.4) is 0 Å². The Morgan fingerprint density at radius 3 is 2.44 bits per heavy atom. The Hall–Kier alpha value is -1.55. The monoisotopic (exact) mass is 222 g/mol. The van der Waals surface area contributed by atoms with E-state index in [1.54, 1.807) is 11.9 Å². The summed E-state index contributed by atoms with van der Waals surface area (Å²) in [6.45, 7) is 2.12. The van der Waals surface area contributed by atoms with Crippen molar-refractivity contribution in [3.63, 3.8) is 0 Å². The number of hydrogen-bond donors (Lipinski definition) is 2. The molecule has 1 amide bonds. The third kappa shape index (κ3) is 3.24. The summed E-state index contributed by atoms with van der Waals surface area (Å²) >= 11 is 0. The molecular formula is C12H18N2O2. The van der Waals surface area contributed by atoms with Crippen LogP contribution in [0.25, 0.3) is 0 Å². The number of carbonyl (C=O) groups excluding carboxylic acids is 1. The van der Waals surface area contributed by atoms with Crippen molar-refractivity contribution in [1.29, 1.82) is 0 Å². The minimum absolute atomic E-state index is 0.190. The van der Waals surface area contributed by atoms with Crippen LogP contribution in [0.15, 0.2) is 24.3 Å². The molecule has 0 aliphatic rings. The number of anilines is 1. The Morgan fingerprint density at radius 2 is 2.00 bits per heavy atom. The van der Waals surface area contributed by atoms with Crippen molar-refractivity contribution in [3.8, 4) is 0 Å². The van der Waals surface area contributed by atoms with E-state index in [-0.39, 0.29) is 12.5 Å². The van der Waals surface area contributed by atoms with Crippen molar-refractivity contribution >= 4 is 11.6 Å². The van der Waals surface area contributed by atoms with Crippen molar-refractivity contribution in [3.05, 3.63) is 29.8 Å². The highest BCUT2D eigenvalue weighted by Crippen LogP contribution is 2.20. The standard InChI is InChI=1S/C12H18N2O2/c1-3-11(15)9-4-6-10(7-5-9)14(2)8-12(13)16/h4-7,11,15H,3,8H2,1-2H3,(H2,13,16). The first-order chi connectivity index (χ1) is 7.54. The minimum atomic E-state index is -0.421. The first-order valence-electron chi connectivity index (χ1n) is 5.32. The number of hydrogen-bond acceptors (Lipinski definition) is 3. The van der Waals surface area contributed by atoms with Gasteiger partial charge in [0.05, 0.1) is 12.6 Å². The zero-order chi connectivity index (χ0) is 12.1. The number of carbonyl (C=O) groups is 1. The van der Waals surface area contributed by atoms with Crippen molar-refractivity contribution < 1.29 is 9.90 Å². The van der Waals surface area contributed by atoms with Gasteiger partial charge >= 0.3 is 0 Å². The molecule has 1 atom stereocenters. The van der Waals surface area contributed by atoms with E-state index in [2.05, 4.69) is 0 Å². The molecule has 4 heteroatoms. The number of benzene rings is 1. The first kappa shape index (κ1) is 12.5. The average molecular weight is 222 g/mol. The number of amides is 1. The lowest BCUT2D eigenvalue weighted by Gasteiger charge is -2.18. The van der Waals surface area contributed by atoms with Crippen LogP contribution < -0.4 is 10.6 Å². The van der Waals surface area contributed by atoms with Crippen molar-refractivity contribution in [2.75, 3.05) is 18.5 Å². The summed E-state index contributed by atoms with van der Waals surface area (Å²) in [5.41, 5.74) is 6.91. The summed E-state index contributed by atoms with van der Waals surface area (Å²) in [4.78, 5) is 12.5. The molecule has 88 valence electrons. The predicted molar refractivity (Wildman–Crippen MR) is 64.2 cm³/mol. The molecule has 0 fully saturated rings. The van der Waals surface area contributed by atoms with E-state index < -0.39 is 6.10 Å². The zero-order valence-corrected chi connectivity index (χ0v) is 9.68. The van der Waals surface area contributed by atoms with E-state index in [9.17, 15) is 9.90 Å². The molecule has 1 rings (SSSR count). The zero-order valence-electron chi connectivity index (χ0n) is 9.68. The van der Waals surface area contributed by atoms with Crippen LogP contribution in [-0.2, 0) is 4.79 Å². The second-order valence-electron chi connectivity index (χ2n) is 3.84. The molecule has 1 aromatic carbocycles. The average Bonchev–Trinajstić information content (AvgIpc) is 2.27. The minimum Gasteiger partial charge on any atom is -0.388 e. The Labute approximate surface area is 95.7 Å². The van der Waals surface area contributed by atoms with Crippen LogP contribution in [0.1, 0.15) is 25.0 Å². The molecule has 1 unspecified atom stereocenters. The maximum absolute atomic E-state index is 10.7. The summed E-state index contributed by atoms with van der Waals surface area (Å²) in [6.07, 6.45) is 0.270. The van der Waals surface area contributed by atoms with Crippen LogP contribution in [0.2, 0.25) is 0 Å². The number of likely N-dealkylation sites (N-methyl/N-ethyl adjacent to an activating group) is 1. The smallest absolute Gasteiger partial charge is 0.236 e. The van der Waals surface area contributed by atoms with Gasteiger partial charge in [0.25, 0.3) is 0 Å². The van der Waals surface area contributed by atoms with Crippen molar-refractivity contribution in [1.82, 2.24) is 0 Å². The van der Waals surface area contributed by atoms with Crippen molar-refractivity contribution in [2.24, 2.45) is 5.73 Å². The second kappa shape index (κ2) is 5.51. The molecule has 0 aromatic heterocycles. The number of aliphatic hydroxyl groups excluding tert-OH is 1. The molecule has 0 aliphatic heterocycles. The van der Waals surface area contributed by atoms with Gasteiger partial charge in [0.1, 0.15) is 0 Å². The van der Waals surface area contributed by atoms with Crippen LogP contribution in [0.4, 0.5) is 5.69 Å². The largest absolute Gasteiger partial charge is 0.388 e. The van der Waals surface area contributed by atoms with Gasteiger partial charge in [0.15, 0.2) is 0 Å². The van der Waals surface area contributed by atoms with Gasteiger partial charge in [-0.05, 0) is 24.1 Å². The SMILES string of the molecule is CCC(O)c1ccc(N(C)CC(N)=O)cc1. The summed E-state index contributed by atoms with van der Waals surface area (Å²) in [7, 11) is 1.80. The molecule has 4 nitrogen and oxygen atoms in total. The Bertz CT molecular complexity index is 349. The van der Waals surface area contributed by atoms with E-state index in [1.165, 1.54) is 0 Å². The van der Waals surface area contributed by atoms with Gasteiger partial charge in [-0.2, -0.15) is 0 Å². The maximum Gasteiger partial charge on any atom is 0.236 e.